The lowest BCUT2D eigenvalue weighted by molar-refractivity contribution is -0.159. The first-order chi connectivity index (χ1) is 14.1. The minimum atomic E-state index is -0.628. The molecule has 0 atom stereocenters. The molecular formula is C19H30N2O8. The lowest BCUT2D eigenvalue weighted by Crippen LogP contribution is -2.30. The van der Waals surface area contributed by atoms with Gasteiger partial charge in [-0.1, -0.05) is 6.92 Å². The van der Waals surface area contributed by atoms with Crippen LogP contribution in [0.2, 0.25) is 0 Å². The molecule has 0 aromatic rings. The zero-order valence-electron chi connectivity index (χ0n) is 16.9. The van der Waals surface area contributed by atoms with Crippen molar-refractivity contribution in [1.82, 2.24) is 10.4 Å². The number of rotatable bonds is 16. The third-order valence-electron chi connectivity index (χ3n) is 3.96. The van der Waals surface area contributed by atoms with Crippen LogP contribution in [0.3, 0.4) is 0 Å². The fourth-order valence-corrected chi connectivity index (χ4v) is 2.32. The lowest BCUT2D eigenvalue weighted by atomic mass is 10.2. The van der Waals surface area contributed by atoms with Gasteiger partial charge in [-0.05, 0) is 12.0 Å². The Bertz CT molecular complexity index is 564. The first-order valence-electron chi connectivity index (χ1n) is 9.70. The summed E-state index contributed by atoms with van der Waals surface area (Å²) < 4.78 is 16.0. The smallest absolute Gasteiger partial charge is 0.334 e. The maximum absolute atomic E-state index is 11.7. The fraction of sp³-hybridized carbons (Fsp3) is 0.684. The molecule has 10 heteroatoms. The van der Waals surface area contributed by atoms with Gasteiger partial charge in [0.05, 0.1) is 46.1 Å². The van der Waals surface area contributed by atoms with Crippen molar-refractivity contribution in [1.29, 1.82) is 0 Å². The van der Waals surface area contributed by atoms with E-state index in [1.54, 1.807) is 11.0 Å². The number of carbonyl (C=O) groups is 4. The van der Waals surface area contributed by atoms with Crippen LogP contribution >= 0.6 is 0 Å². The molecule has 164 valence electrons. The van der Waals surface area contributed by atoms with Gasteiger partial charge in [-0.3, -0.25) is 9.59 Å². The first-order valence-corrected chi connectivity index (χ1v) is 9.70. The molecule has 0 unspecified atom stereocenters. The number of nitrogens with one attached hydrogen (secondary N) is 1. The van der Waals surface area contributed by atoms with E-state index in [9.17, 15) is 19.2 Å². The Balaban J connectivity index is 1.84. The largest absolute Gasteiger partial charge is 0.378 e. The van der Waals surface area contributed by atoms with Crippen LogP contribution in [0, 0.1) is 0 Å². The van der Waals surface area contributed by atoms with Crippen LogP contribution in [0.4, 0.5) is 0 Å². The van der Waals surface area contributed by atoms with Crippen LogP contribution in [0.15, 0.2) is 11.6 Å². The van der Waals surface area contributed by atoms with Crippen LogP contribution in [0.1, 0.15) is 32.6 Å². The van der Waals surface area contributed by atoms with Crippen LogP contribution in [0.25, 0.3) is 0 Å². The fourth-order valence-electron chi connectivity index (χ4n) is 2.32. The molecule has 0 aromatic heterocycles. The molecule has 0 saturated heterocycles. The SMILES string of the molecule is CCC1=CC(=O)N(CCOCCOCCOCCC(=O)ONC(=O)CCC=O)C1. The van der Waals surface area contributed by atoms with Gasteiger partial charge in [-0.2, -0.15) is 5.48 Å². The number of amides is 2. The molecule has 0 aromatic carbocycles. The lowest BCUT2D eigenvalue weighted by Gasteiger charge is -2.16. The second-order valence-electron chi connectivity index (χ2n) is 6.21. The summed E-state index contributed by atoms with van der Waals surface area (Å²) in [5.74, 6) is -1.11. The van der Waals surface area contributed by atoms with E-state index in [-0.39, 0.29) is 31.8 Å². The number of aldehydes is 1. The highest BCUT2D eigenvalue weighted by Gasteiger charge is 2.19. The Kier molecular flexibility index (Phi) is 13.3. The summed E-state index contributed by atoms with van der Waals surface area (Å²) in [6.07, 6.45) is 3.23. The summed E-state index contributed by atoms with van der Waals surface area (Å²) >= 11 is 0. The van der Waals surface area contributed by atoms with Crippen molar-refractivity contribution in [2.24, 2.45) is 0 Å². The summed E-state index contributed by atoms with van der Waals surface area (Å²) in [7, 11) is 0. The molecule has 0 spiro atoms. The van der Waals surface area contributed by atoms with Crippen molar-refractivity contribution < 1.29 is 38.2 Å². The molecule has 0 bridgehead atoms. The highest BCUT2D eigenvalue weighted by atomic mass is 16.7. The van der Waals surface area contributed by atoms with Crippen molar-refractivity contribution in [3.8, 4) is 0 Å². The van der Waals surface area contributed by atoms with Crippen LogP contribution in [0.5, 0.6) is 0 Å². The summed E-state index contributed by atoms with van der Waals surface area (Å²) in [4.78, 5) is 50.5. The van der Waals surface area contributed by atoms with E-state index in [2.05, 4.69) is 4.84 Å². The Hall–Kier alpha value is -2.30. The van der Waals surface area contributed by atoms with Gasteiger partial charge in [-0.25, -0.2) is 4.79 Å². The zero-order valence-corrected chi connectivity index (χ0v) is 16.9. The van der Waals surface area contributed by atoms with Crippen LogP contribution in [-0.4, -0.2) is 81.7 Å². The van der Waals surface area contributed by atoms with E-state index in [0.717, 1.165) is 12.0 Å². The van der Waals surface area contributed by atoms with Gasteiger partial charge in [0.2, 0.25) is 5.91 Å². The molecule has 0 fully saturated rings. The van der Waals surface area contributed by atoms with E-state index in [0.29, 0.717) is 52.4 Å². The molecule has 29 heavy (non-hydrogen) atoms. The maximum Gasteiger partial charge on any atom is 0.334 e. The molecule has 0 saturated carbocycles. The quantitative estimate of drug-likeness (QED) is 0.215. The number of ether oxygens (including phenoxy) is 3. The minimum Gasteiger partial charge on any atom is -0.378 e. The molecule has 1 N–H and O–H groups in total. The van der Waals surface area contributed by atoms with Crippen LogP contribution in [-0.2, 0) is 38.2 Å². The predicted molar refractivity (Wildman–Crippen MR) is 102 cm³/mol. The maximum atomic E-state index is 11.7. The number of hydrogen-bond acceptors (Lipinski definition) is 8. The highest BCUT2D eigenvalue weighted by Crippen LogP contribution is 2.12. The highest BCUT2D eigenvalue weighted by molar-refractivity contribution is 5.91. The number of hydroxylamine groups is 1. The molecule has 1 aliphatic rings. The van der Waals surface area contributed by atoms with E-state index >= 15 is 0 Å². The van der Waals surface area contributed by atoms with E-state index < -0.39 is 11.9 Å². The summed E-state index contributed by atoms with van der Waals surface area (Å²) in [6.45, 7) is 5.39. The average molecular weight is 414 g/mol. The normalized spacial score (nSPS) is 13.3. The van der Waals surface area contributed by atoms with E-state index in [4.69, 9.17) is 14.2 Å². The van der Waals surface area contributed by atoms with Gasteiger partial charge in [-0.15, -0.1) is 0 Å². The second-order valence-corrected chi connectivity index (χ2v) is 6.21. The molecular weight excluding hydrogens is 384 g/mol. The summed E-state index contributed by atoms with van der Waals surface area (Å²) in [6, 6.07) is 0. The standard InChI is InChI=1S/C19H30N2O8/c1-2-16-14-18(24)21(15-16)6-9-27-11-13-28-12-10-26-8-5-19(25)29-20-17(23)4-3-7-22/h7,14H,2-6,8-13,15H2,1H3,(H,20,23). The summed E-state index contributed by atoms with van der Waals surface area (Å²) in [5, 5.41) is 0. The van der Waals surface area contributed by atoms with Crippen molar-refractivity contribution in [3.63, 3.8) is 0 Å². The Labute approximate surface area is 170 Å². The average Bonchev–Trinajstić information content (AvgIpc) is 3.08. The molecule has 1 heterocycles. The Morgan fingerprint density at radius 2 is 1.72 bits per heavy atom. The van der Waals surface area contributed by atoms with Gasteiger partial charge in [0.1, 0.15) is 6.29 Å². The third-order valence-corrected chi connectivity index (χ3v) is 3.96. The van der Waals surface area contributed by atoms with Crippen LogP contribution < -0.4 is 5.48 Å². The third kappa shape index (κ3) is 12.0. The monoisotopic (exact) mass is 414 g/mol. The van der Waals surface area contributed by atoms with Gasteiger partial charge in [0.15, 0.2) is 0 Å². The van der Waals surface area contributed by atoms with Gasteiger partial charge < -0.3 is 28.7 Å². The number of hydrogen-bond donors (Lipinski definition) is 1. The Morgan fingerprint density at radius 3 is 2.34 bits per heavy atom. The molecule has 0 aliphatic carbocycles. The van der Waals surface area contributed by atoms with Gasteiger partial charge >= 0.3 is 5.97 Å². The Morgan fingerprint density at radius 1 is 1.07 bits per heavy atom. The first kappa shape index (κ1) is 24.7. The second kappa shape index (κ2) is 15.6. The van der Waals surface area contributed by atoms with Gasteiger partial charge in [0, 0.05) is 32.0 Å². The van der Waals surface area contributed by atoms with E-state index in [1.165, 1.54) is 0 Å². The minimum absolute atomic E-state index is 0.0130. The topological polar surface area (TPSA) is 120 Å². The molecule has 0 radical (unpaired) electrons. The van der Waals surface area contributed by atoms with Crippen molar-refractivity contribution in [2.45, 2.75) is 32.6 Å². The zero-order chi connectivity index (χ0) is 21.3. The molecule has 1 aliphatic heterocycles. The van der Waals surface area contributed by atoms with Gasteiger partial charge in [0.25, 0.3) is 5.91 Å². The molecule has 10 nitrogen and oxygen atoms in total. The number of nitrogens with zero attached hydrogens (tertiary/aromatic N) is 1. The van der Waals surface area contributed by atoms with Crippen molar-refractivity contribution in [2.75, 3.05) is 52.7 Å². The summed E-state index contributed by atoms with van der Waals surface area (Å²) in [5.41, 5.74) is 3.11. The number of carbonyl (C=O) groups excluding carboxylic acids is 4. The van der Waals surface area contributed by atoms with Crippen molar-refractivity contribution >= 4 is 24.1 Å². The van der Waals surface area contributed by atoms with E-state index in [1.807, 2.05) is 12.4 Å². The predicted octanol–water partition coefficient (Wildman–Crippen LogP) is 0.158. The molecule has 2 amide bonds. The molecule has 1 rings (SSSR count). The van der Waals surface area contributed by atoms with Crippen molar-refractivity contribution in [3.05, 3.63) is 11.6 Å².